The van der Waals surface area contributed by atoms with Crippen LogP contribution in [0, 0.1) is 6.92 Å². The molecule has 1 unspecified atom stereocenters. The summed E-state index contributed by atoms with van der Waals surface area (Å²) in [6, 6.07) is 5.11. The molecule has 1 heterocycles. The van der Waals surface area contributed by atoms with Gasteiger partial charge >= 0.3 is 0 Å². The van der Waals surface area contributed by atoms with E-state index < -0.39 is 18.6 Å². The Hall–Kier alpha value is -1.56. The lowest BCUT2D eigenvalue weighted by atomic mass is 10.1. The molecule has 19 heavy (non-hydrogen) atoms. The van der Waals surface area contributed by atoms with Crippen molar-refractivity contribution >= 4 is 28.5 Å². The van der Waals surface area contributed by atoms with Gasteiger partial charge in [-0.2, -0.15) is 0 Å². The average Bonchev–Trinajstić information content (AvgIpc) is 2.73. The van der Waals surface area contributed by atoms with Gasteiger partial charge < -0.3 is 19.9 Å². The Morgan fingerprint density at radius 3 is 2.95 bits per heavy atom. The number of nitrogens with one attached hydrogen (secondary N) is 1. The zero-order chi connectivity index (χ0) is 14.0. The lowest BCUT2D eigenvalue weighted by Gasteiger charge is -2.07. The third kappa shape index (κ3) is 2.89. The lowest BCUT2D eigenvalue weighted by Crippen LogP contribution is -2.33. The summed E-state index contributed by atoms with van der Waals surface area (Å²) < 4.78 is 5.47. The first-order chi connectivity index (χ1) is 9.02. The van der Waals surface area contributed by atoms with Crippen molar-refractivity contribution in [3.05, 3.63) is 34.5 Å². The van der Waals surface area contributed by atoms with E-state index in [9.17, 15) is 9.90 Å². The summed E-state index contributed by atoms with van der Waals surface area (Å²) in [5.41, 5.74) is 1.27. The first-order valence-electron chi connectivity index (χ1n) is 5.78. The Bertz CT molecular complexity index is 608. The number of hydrogen-bond donors (Lipinski definition) is 3. The highest BCUT2D eigenvalue weighted by Gasteiger charge is 2.18. The van der Waals surface area contributed by atoms with Crippen LogP contribution >= 0.6 is 11.6 Å². The number of carbonyl (C=O) groups excluding carboxylic acids is 1. The Balaban J connectivity index is 2.25. The molecular formula is C13H14ClNO4. The van der Waals surface area contributed by atoms with Crippen LogP contribution in [-0.2, 0) is 0 Å². The van der Waals surface area contributed by atoms with Gasteiger partial charge in [0.1, 0.15) is 5.58 Å². The van der Waals surface area contributed by atoms with Crippen molar-refractivity contribution in [1.82, 2.24) is 5.32 Å². The minimum Gasteiger partial charge on any atom is -0.451 e. The van der Waals surface area contributed by atoms with Crippen LogP contribution in [0.4, 0.5) is 0 Å². The summed E-state index contributed by atoms with van der Waals surface area (Å²) in [4.78, 5) is 11.9. The second kappa shape index (κ2) is 5.61. The van der Waals surface area contributed by atoms with Gasteiger partial charge in [-0.05, 0) is 25.1 Å². The Morgan fingerprint density at radius 1 is 1.53 bits per heavy atom. The number of amides is 1. The normalized spacial score (nSPS) is 12.6. The van der Waals surface area contributed by atoms with E-state index in [4.69, 9.17) is 21.1 Å². The van der Waals surface area contributed by atoms with Crippen LogP contribution in [0.25, 0.3) is 11.0 Å². The molecule has 2 rings (SSSR count). The molecule has 0 fully saturated rings. The molecule has 0 aliphatic carbocycles. The molecule has 0 saturated carbocycles. The molecule has 5 nitrogen and oxygen atoms in total. The minimum absolute atomic E-state index is 0.0351. The number of hydrogen-bond acceptors (Lipinski definition) is 4. The quantitative estimate of drug-likeness (QED) is 0.794. The molecule has 0 bridgehead atoms. The number of aryl methyl sites for hydroxylation is 1. The Kier molecular flexibility index (Phi) is 4.09. The molecule has 3 N–H and O–H groups in total. The number of fused-ring (bicyclic) bond motifs is 1. The Labute approximate surface area is 114 Å². The van der Waals surface area contributed by atoms with Crippen LogP contribution < -0.4 is 5.32 Å². The van der Waals surface area contributed by atoms with Gasteiger partial charge in [-0.1, -0.05) is 11.6 Å². The highest BCUT2D eigenvalue weighted by molar-refractivity contribution is 6.31. The maximum atomic E-state index is 11.9. The maximum Gasteiger partial charge on any atom is 0.287 e. The minimum atomic E-state index is -0.983. The number of furan rings is 1. The van der Waals surface area contributed by atoms with Crippen LogP contribution in [-0.4, -0.2) is 35.4 Å². The molecule has 6 heteroatoms. The fourth-order valence-electron chi connectivity index (χ4n) is 1.77. The van der Waals surface area contributed by atoms with Crippen LogP contribution in [0.2, 0.25) is 5.02 Å². The molecule has 1 aromatic carbocycles. The van der Waals surface area contributed by atoms with Gasteiger partial charge in [-0.25, -0.2) is 0 Å². The van der Waals surface area contributed by atoms with Gasteiger partial charge in [0.15, 0.2) is 5.76 Å². The summed E-state index contributed by atoms with van der Waals surface area (Å²) in [6.07, 6.45) is -0.983. The van der Waals surface area contributed by atoms with E-state index in [2.05, 4.69) is 5.32 Å². The highest BCUT2D eigenvalue weighted by atomic mass is 35.5. The Morgan fingerprint density at radius 2 is 2.26 bits per heavy atom. The largest absolute Gasteiger partial charge is 0.451 e. The van der Waals surface area contributed by atoms with Crippen molar-refractivity contribution in [2.24, 2.45) is 0 Å². The van der Waals surface area contributed by atoms with Crippen molar-refractivity contribution in [3.63, 3.8) is 0 Å². The molecule has 0 aliphatic heterocycles. The molecule has 0 aliphatic rings. The smallest absolute Gasteiger partial charge is 0.287 e. The molecule has 102 valence electrons. The van der Waals surface area contributed by atoms with Gasteiger partial charge in [0, 0.05) is 22.5 Å². The zero-order valence-electron chi connectivity index (χ0n) is 10.3. The van der Waals surface area contributed by atoms with Gasteiger partial charge in [-0.15, -0.1) is 0 Å². The molecule has 1 aromatic heterocycles. The topological polar surface area (TPSA) is 82.7 Å². The van der Waals surface area contributed by atoms with E-state index in [0.29, 0.717) is 16.2 Å². The summed E-state index contributed by atoms with van der Waals surface area (Å²) in [7, 11) is 0. The fourth-order valence-corrected chi connectivity index (χ4v) is 1.94. The van der Waals surface area contributed by atoms with Crippen molar-refractivity contribution in [2.75, 3.05) is 13.2 Å². The second-order valence-corrected chi connectivity index (χ2v) is 4.68. The van der Waals surface area contributed by atoms with Crippen LogP contribution in [0.15, 0.2) is 22.6 Å². The molecule has 0 radical (unpaired) electrons. The summed E-state index contributed by atoms with van der Waals surface area (Å²) in [5.74, 6) is -0.250. The van der Waals surface area contributed by atoms with E-state index in [0.717, 1.165) is 5.39 Å². The van der Waals surface area contributed by atoms with Crippen molar-refractivity contribution in [2.45, 2.75) is 13.0 Å². The number of rotatable bonds is 4. The van der Waals surface area contributed by atoms with Crippen molar-refractivity contribution in [1.29, 1.82) is 0 Å². The summed E-state index contributed by atoms with van der Waals surface area (Å²) in [5, 5.41) is 21.7. The molecule has 2 aromatic rings. The SMILES string of the molecule is Cc1c(C(=O)NCC(O)CO)oc2ccc(Cl)cc12. The van der Waals surface area contributed by atoms with E-state index in [1.54, 1.807) is 25.1 Å². The molecule has 1 amide bonds. The standard InChI is InChI=1S/C13H14ClNO4/c1-7-10-4-8(14)2-3-11(10)19-12(7)13(18)15-5-9(17)6-16/h2-4,9,16-17H,5-6H2,1H3,(H,15,18). The first kappa shape index (κ1) is 13.9. The molecule has 0 saturated heterocycles. The number of carbonyl (C=O) groups is 1. The van der Waals surface area contributed by atoms with Crippen LogP contribution in [0.3, 0.4) is 0 Å². The first-order valence-corrected chi connectivity index (χ1v) is 6.16. The van der Waals surface area contributed by atoms with E-state index in [1.165, 1.54) is 0 Å². The predicted octanol–water partition coefficient (Wildman–Crippen LogP) is 1.48. The van der Waals surface area contributed by atoms with E-state index in [-0.39, 0.29) is 12.3 Å². The predicted molar refractivity (Wildman–Crippen MR) is 71.4 cm³/mol. The third-order valence-corrected chi connectivity index (χ3v) is 3.05. The maximum absolute atomic E-state index is 11.9. The summed E-state index contributed by atoms with van der Waals surface area (Å²) >= 11 is 5.90. The number of halogens is 1. The van der Waals surface area contributed by atoms with E-state index in [1.807, 2.05) is 0 Å². The van der Waals surface area contributed by atoms with Gasteiger partial charge in [-0.3, -0.25) is 4.79 Å². The molecule has 1 atom stereocenters. The lowest BCUT2D eigenvalue weighted by molar-refractivity contribution is 0.0785. The molecule has 0 spiro atoms. The zero-order valence-corrected chi connectivity index (χ0v) is 11.1. The van der Waals surface area contributed by atoms with Gasteiger partial charge in [0.25, 0.3) is 5.91 Å². The van der Waals surface area contributed by atoms with Crippen LogP contribution in [0.5, 0.6) is 0 Å². The van der Waals surface area contributed by atoms with Gasteiger partial charge in [0.2, 0.25) is 0 Å². The summed E-state index contributed by atoms with van der Waals surface area (Å²) in [6.45, 7) is 1.32. The average molecular weight is 284 g/mol. The second-order valence-electron chi connectivity index (χ2n) is 4.24. The van der Waals surface area contributed by atoms with Crippen LogP contribution in [0.1, 0.15) is 16.1 Å². The van der Waals surface area contributed by atoms with E-state index >= 15 is 0 Å². The fraction of sp³-hybridized carbons (Fsp3) is 0.308. The number of aliphatic hydroxyl groups is 2. The number of benzene rings is 1. The number of aliphatic hydroxyl groups excluding tert-OH is 2. The monoisotopic (exact) mass is 283 g/mol. The van der Waals surface area contributed by atoms with Crippen molar-refractivity contribution < 1.29 is 19.4 Å². The highest BCUT2D eigenvalue weighted by Crippen LogP contribution is 2.27. The third-order valence-electron chi connectivity index (χ3n) is 2.81. The molecular weight excluding hydrogens is 270 g/mol. The van der Waals surface area contributed by atoms with Gasteiger partial charge in [0.05, 0.1) is 12.7 Å². The van der Waals surface area contributed by atoms with Crippen molar-refractivity contribution in [3.8, 4) is 0 Å².